The predicted molar refractivity (Wildman–Crippen MR) is 353 cm³/mol. The Morgan fingerprint density at radius 1 is 0.259 bits per heavy atom. The Kier molecular flexibility index (Phi) is 65.2. The maximum Gasteiger partial charge on any atom is 0.306 e. The van der Waals surface area contributed by atoms with Crippen LogP contribution in [0.2, 0.25) is 0 Å². The van der Waals surface area contributed by atoms with E-state index in [9.17, 15) is 14.4 Å². The Morgan fingerprint density at radius 3 is 0.753 bits per heavy atom. The molecule has 0 aliphatic carbocycles. The molecule has 0 radical (unpaired) electrons. The molecule has 0 aromatic carbocycles. The lowest BCUT2D eigenvalue weighted by Crippen LogP contribution is -2.30. The molecule has 0 bridgehead atoms. The van der Waals surface area contributed by atoms with Crippen LogP contribution in [0.15, 0.2) is 109 Å². The van der Waals surface area contributed by atoms with Crippen molar-refractivity contribution in [1.29, 1.82) is 0 Å². The molecular formula is C75H128O6. The summed E-state index contributed by atoms with van der Waals surface area (Å²) in [6, 6.07) is 0. The molecule has 0 heterocycles. The van der Waals surface area contributed by atoms with E-state index < -0.39 is 6.10 Å². The number of carbonyl (C=O) groups excluding carboxylic acids is 3. The third-order valence-corrected chi connectivity index (χ3v) is 14.7. The summed E-state index contributed by atoms with van der Waals surface area (Å²) in [6.07, 6.45) is 94.1. The average Bonchev–Trinajstić information content (AvgIpc) is 3.46. The van der Waals surface area contributed by atoms with Crippen LogP contribution in [0.3, 0.4) is 0 Å². The molecule has 464 valence electrons. The van der Waals surface area contributed by atoms with Gasteiger partial charge in [-0.2, -0.15) is 0 Å². The van der Waals surface area contributed by atoms with Gasteiger partial charge in [0.2, 0.25) is 0 Å². The highest BCUT2D eigenvalue weighted by Crippen LogP contribution is 2.17. The fourth-order valence-electron chi connectivity index (χ4n) is 9.67. The number of ether oxygens (including phenoxy) is 3. The van der Waals surface area contributed by atoms with E-state index in [-0.39, 0.29) is 31.1 Å². The fraction of sp³-hybridized carbons (Fsp3) is 0.720. The van der Waals surface area contributed by atoms with Crippen LogP contribution < -0.4 is 0 Å². The Hall–Kier alpha value is -3.93. The lowest BCUT2D eigenvalue weighted by Gasteiger charge is -2.18. The summed E-state index contributed by atoms with van der Waals surface area (Å²) in [4.78, 5) is 38.3. The zero-order valence-corrected chi connectivity index (χ0v) is 53.3. The van der Waals surface area contributed by atoms with Gasteiger partial charge in [-0.3, -0.25) is 14.4 Å². The molecule has 0 fully saturated rings. The van der Waals surface area contributed by atoms with Crippen molar-refractivity contribution >= 4 is 17.9 Å². The van der Waals surface area contributed by atoms with Gasteiger partial charge in [-0.1, -0.05) is 304 Å². The smallest absolute Gasteiger partial charge is 0.306 e. The van der Waals surface area contributed by atoms with Crippen molar-refractivity contribution < 1.29 is 28.6 Å². The fourth-order valence-corrected chi connectivity index (χ4v) is 9.67. The molecule has 0 aromatic heterocycles. The molecule has 0 rings (SSSR count). The minimum atomic E-state index is -0.789. The summed E-state index contributed by atoms with van der Waals surface area (Å²) in [5.74, 6) is -0.897. The van der Waals surface area contributed by atoms with Gasteiger partial charge < -0.3 is 14.2 Å². The minimum Gasteiger partial charge on any atom is -0.462 e. The SMILES string of the molecule is CC/C=C\C/C=C\C/C=C\C/C=C\CCCCCCCCCCCCCCCCCCCCCCC(=O)OCC(COC(=O)CCCCCCC/C=C\C/C=C\CCC)OC(=O)CCCCCCCCC/C=C\C/C=C\C/C=C\CC. The van der Waals surface area contributed by atoms with E-state index in [4.69, 9.17) is 14.2 Å². The highest BCUT2D eigenvalue weighted by Gasteiger charge is 2.19. The van der Waals surface area contributed by atoms with Gasteiger partial charge in [0.1, 0.15) is 13.2 Å². The van der Waals surface area contributed by atoms with Crippen LogP contribution in [-0.2, 0) is 28.6 Å². The second-order valence-corrected chi connectivity index (χ2v) is 22.7. The van der Waals surface area contributed by atoms with Gasteiger partial charge in [-0.25, -0.2) is 0 Å². The molecular weight excluding hydrogens is 997 g/mol. The standard InChI is InChI=1S/C75H128O6/c1-4-7-10-13-16-19-22-25-27-29-30-31-32-33-34-35-36-37-38-39-40-41-42-43-44-46-47-50-53-56-59-62-65-68-74(77)80-71-72(70-79-73(76)67-64-61-58-55-52-49-24-21-18-15-12-9-6-3)81-75(78)69-66-63-60-57-54-51-48-45-28-26-23-20-17-14-11-8-5-2/h7-8,10-12,15-17,19-21,24-28,30-31,72H,4-6,9,13-14,18,22-23,29,32-71H2,1-3H3/b10-7-,11-8-,15-12-,19-16-,20-17-,24-21-,27-25-,28-26-,31-30-. The van der Waals surface area contributed by atoms with Crippen molar-refractivity contribution in [2.75, 3.05) is 13.2 Å². The van der Waals surface area contributed by atoms with E-state index in [1.807, 2.05) is 0 Å². The Bertz CT molecular complexity index is 1620. The molecule has 6 nitrogen and oxygen atoms in total. The number of allylic oxidation sites excluding steroid dienone is 18. The molecule has 81 heavy (non-hydrogen) atoms. The van der Waals surface area contributed by atoms with Crippen molar-refractivity contribution in [3.63, 3.8) is 0 Å². The third kappa shape index (κ3) is 66.8. The average molecular weight is 1130 g/mol. The largest absolute Gasteiger partial charge is 0.462 e. The van der Waals surface area contributed by atoms with Crippen molar-refractivity contribution in [2.45, 2.75) is 335 Å². The van der Waals surface area contributed by atoms with Crippen LogP contribution in [0.5, 0.6) is 0 Å². The third-order valence-electron chi connectivity index (χ3n) is 14.7. The topological polar surface area (TPSA) is 78.9 Å². The van der Waals surface area contributed by atoms with Crippen molar-refractivity contribution in [3.8, 4) is 0 Å². The van der Waals surface area contributed by atoms with Crippen LogP contribution in [0, 0.1) is 0 Å². The molecule has 1 atom stereocenters. The first kappa shape index (κ1) is 77.1. The summed E-state index contributed by atoms with van der Waals surface area (Å²) in [5.41, 5.74) is 0. The monoisotopic (exact) mass is 1120 g/mol. The van der Waals surface area contributed by atoms with E-state index in [2.05, 4.69) is 130 Å². The molecule has 0 amide bonds. The summed E-state index contributed by atoms with van der Waals surface area (Å²) in [5, 5.41) is 0. The quantitative estimate of drug-likeness (QED) is 0.0261. The highest BCUT2D eigenvalue weighted by molar-refractivity contribution is 5.71. The Morgan fingerprint density at radius 2 is 0.481 bits per heavy atom. The Labute approximate surface area is 501 Å². The maximum atomic E-state index is 12.9. The summed E-state index contributed by atoms with van der Waals surface area (Å²) < 4.78 is 16.9. The molecule has 0 saturated heterocycles. The lowest BCUT2D eigenvalue weighted by molar-refractivity contribution is -0.167. The molecule has 0 aliphatic rings. The normalized spacial score (nSPS) is 12.8. The number of rotatable bonds is 62. The molecule has 0 N–H and O–H groups in total. The second kappa shape index (κ2) is 68.6. The molecule has 6 heteroatoms. The van der Waals surface area contributed by atoms with Crippen molar-refractivity contribution in [2.24, 2.45) is 0 Å². The number of hydrogen-bond donors (Lipinski definition) is 0. The van der Waals surface area contributed by atoms with Crippen LogP contribution >= 0.6 is 0 Å². The first-order chi connectivity index (χ1) is 40.0. The first-order valence-corrected chi connectivity index (χ1v) is 34.4. The van der Waals surface area contributed by atoms with E-state index in [0.717, 1.165) is 141 Å². The summed E-state index contributed by atoms with van der Waals surface area (Å²) >= 11 is 0. The summed E-state index contributed by atoms with van der Waals surface area (Å²) in [7, 11) is 0. The molecule has 0 spiro atoms. The minimum absolute atomic E-state index is 0.0842. The molecule has 0 saturated carbocycles. The van der Waals surface area contributed by atoms with E-state index in [0.29, 0.717) is 19.3 Å². The van der Waals surface area contributed by atoms with Crippen molar-refractivity contribution in [1.82, 2.24) is 0 Å². The van der Waals surface area contributed by atoms with Crippen LogP contribution in [0.1, 0.15) is 329 Å². The van der Waals surface area contributed by atoms with Gasteiger partial charge in [0.15, 0.2) is 6.10 Å². The van der Waals surface area contributed by atoms with Gasteiger partial charge in [0, 0.05) is 19.3 Å². The van der Waals surface area contributed by atoms with Gasteiger partial charge >= 0.3 is 17.9 Å². The van der Waals surface area contributed by atoms with Crippen molar-refractivity contribution in [3.05, 3.63) is 109 Å². The number of carbonyl (C=O) groups is 3. The second-order valence-electron chi connectivity index (χ2n) is 22.7. The molecule has 0 aliphatic heterocycles. The van der Waals surface area contributed by atoms with Crippen LogP contribution in [-0.4, -0.2) is 37.2 Å². The van der Waals surface area contributed by atoms with Gasteiger partial charge in [0.25, 0.3) is 0 Å². The first-order valence-electron chi connectivity index (χ1n) is 34.4. The van der Waals surface area contributed by atoms with E-state index in [1.165, 1.54) is 148 Å². The molecule has 1 unspecified atom stereocenters. The molecule has 0 aromatic rings. The number of esters is 3. The highest BCUT2D eigenvalue weighted by atomic mass is 16.6. The van der Waals surface area contributed by atoms with Crippen LogP contribution in [0.25, 0.3) is 0 Å². The zero-order valence-electron chi connectivity index (χ0n) is 53.3. The Balaban J connectivity index is 4.16. The number of unbranched alkanes of at least 4 members (excludes halogenated alkanes) is 33. The van der Waals surface area contributed by atoms with Gasteiger partial charge in [-0.15, -0.1) is 0 Å². The zero-order chi connectivity index (χ0) is 58.5. The van der Waals surface area contributed by atoms with Gasteiger partial charge in [-0.05, 0) is 116 Å². The summed E-state index contributed by atoms with van der Waals surface area (Å²) in [6.45, 7) is 6.36. The van der Waals surface area contributed by atoms with Gasteiger partial charge in [0.05, 0.1) is 0 Å². The van der Waals surface area contributed by atoms with Crippen LogP contribution in [0.4, 0.5) is 0 Å². The number of hydrogen-bond acceptors (Lipinski definition) is 6. The van der Waals surface area contributed by atoms with E-state index in [1.54, 1.807) is 0 Å². The lowest BCUT2D eigenvalue weighted by atomic mass is 10.0. The maximum absolute atomic E-state index is 12.9. The van der Waals surface area contributed by atoms with E-state index >= 15 is 0 Å². The predicted octanol–water partition coefficient (Wildman–Crippen LogP) is 23.8.